The standard InChI is InChI=1S/C17H15ClF3NO4/c1-3-24-16(23)10(2)25-12-4-6-13(7-5-12)26-15-14(18)8-11(9-22-15)17(19,20)21/h4-10H,3H2,1-2H3/t10-/m1/s1. The van der Waals surface area contributed by atoms with Crippen LogP contribution in [0, 0.1) is 0 Å². The van der Waals surface area contributed by atoms with Gasteiger partial charge in [0, 0.05) is 6.20 Å². The molecule has 1 aromatic heterocycles. The van der Waals surface area contributed by atoms with Gasteiger partial charge in [0.15, 0.2) is 6.10 Å². The van der Waals surface area contributed by atoms with E-state index in [0.717, 1.165) is 6.07 Å². The number of esters is 1. The molecule has 0 spiro atoms. The van der Waals surface area contributed by atoms with Gasteiger partial charge in [-0.2, -0.15) is 13.2 Å². The maximum Gasteiger partial charge on any atom is 0.417 e. The molecular formula is C17H15ClF3NO4. The van der Waals surface area contributed by atoms with E-state index in [1.165, 1.54) is 24.3 Å². The summed E-state index contributed by atoms with van der Waals surface area (Å²) in [6, 6.07) is 6.81. The Morgan fingerprint density at radius 3 is 2.38 bits per heavy atom. The van der Waals surface area contributed by atoms with E-state index in [9.17, 15) is 18.0 Å². The fourth-order valence-electron chi connectivity index (χ4n) is 1.87. The molecule has 1 atom stereocenters. The van der Waals surface area contributed by atoms with Crippen molar-refractivity contribution in [1.29, 1.82) is 0 Å². The molecule has 2 rings (SSSR count). The van der Waals surface area contributed by atoms with Crippen LogP contribution in [0.3, 0.4) is 0 Å². The highest BCUT2D eigenvalue weighted by molar-refractivity contribution is 6.31. The molecule has 0 N–H and O–H groups in total. The molecule has 140 valence electrons. The Morgan fingerprint density at radius 1 is 1.23 bits per heavy atom. The second-order valence-electron chi connectivity index (χ2n) is 5.09. The van der Waals surface area contributed by atoms with E-state index in [2.05, 4.69) is 4.98 Å². The minimum absolute atomic E-state index is 0.159. The summed E-state index contributed by atoms with van der Waals surface area (Å²) in [6.45, 7) is 3.49. The van der Waals surface area contributed by atoms with Crippen LogP contribution in [0.4, 0.5) is 13.2 Å². The van der Waals surface area contributed by atoms with Gasteiger partial charge in [-0.05, 0) is 44.2 Å². The molecule has 0 aliphatic rings. The zero-order valence-electron chi connectivity index (χ0n) is 13.8. The summed E-state index contributed by atoms with van der Waals surface area (Å²) in [4.78, 5) is 15.1. The molecule has 1 heterocycles. The number of nitrogens with zero attached hydrogens (tertiary/aromatic N) is 1. The summed E-state index contributed by atoms with van der Waals surface area (Å²) in [5.74, 6) is 0.0291. The SMILES string of the molecule is CCOC(=O)[C@@H](C)Oc1ccc(Oc2ncc(C(F)(F)F)cc2Cl)cc1. The van der Waals surface area contributed by atoms with Crippen LogP contribution >= 0.6 is 11.6 Å². The van der Waals surface area contributed by atoms with Crippen LogP contribution in [-0.4, -0.2) is 23.7 Å². The molecular weight excluding hydrogens is 375 g/mol. The lowest BCUT2D eigenvalue weighted by Crippen LogP contribution is -2.25. The zero-order chi connectivity index (χ0) is 19.3. The summed E-state index contributed by atoms with van der Waals surface area (Å²) >= 11 is 5.79. The number of pyridine rings is 1. The zero-order valence-corrected chi connectivity index (χ0v) is 14.6. The predicted octanol–water partition coefficient (Wildman–Crippen LogP) is 4.88. The molecule has 0 bridgehead atoms. The summed E-state index contributed by atoms with van der Waals surface area (Å²) < 4.78 is 53.4. The predicted molar refractivity (Wildman–Crippen MR) is 87.5 cm³/mol. The van der Waals surface area contributed by atoms with Crippen molar-refractivity contribution in [2.75, 3.05) is 6.61 Å². The topological polar surface area (TPSA) is 57.7 Å². The first kappa shape index (κ1) is 19.8. The summed E-state index contributed by atoms with van der Waals surface area (Å²) in [7, 11) is 0. The second-order valence-corrected chi connectivity index (χ2v) is 5.50. The fraction of sp³-hybridized carbons (Fsp3) is 0.294. The van der Waals surface area contributed by atoms with Crippen LogP contribution < -0.4 is 9.47 Å². The molecule has 0 amide bonds. The lowest BCUT2D eigenvalue weighted by atomic mass is 10.3. The molecule has 0 radical (unpaired) electrons. The Balaban J connectivity index is 2.04. The molecule has 1 aromatic carbocycles. The van der Waals surface area contributed by atoms with Gasteiger partial charge in [-0.3, -0.25) is 0 Å². The van der Waals surface area contributed by atoms with Crippen molar-refractivity contribution in [2.45, 2.75) is 26.1 Å². The second kappa shape index (κ2) is 8.27. The van der Waals surface area contributed by atoms with Crippen LogP contribution in [0.1, 0.15) is 19.4 Å². The van der Waals surface area contributed by atoms with E-state index in [1.807, 2.05) is 0 Å². The third-order valence-electron chi connectivity index (χ3n) is 3.10. The average molecular weight is 390 g/mol. The molecule has 0 aliphatic carbocycles. The van der Waals surface area contributed by atoms with Gasteiger partial charge in [-0.25, -0.2) is 9.78 Å². The number of hydrogen-bond donors (Lipinski definition) is 0. The van der Waals surface area contributed by atoms with Gasteiger partial charge in [-0.15, -0.1) is 0 Å². The van der Waals surface area contributed by atoms with Crippen LogP contribution in [0.5, 0.6) is 17.4 Å². The third kappa shape index (κ3) is 5.26. The number of ether oxygens (including phenoxy) is 3. The summed E-state index contributed by atoms with van der Waals surface area (Å²) in [6.07, 6.45) is -4.68. The quantitative estimate of drug-likeness (QED) is 0.659. The normalized spacial score (nSPS) is 12.4. The van der Waals surface area contributed by atoms with E-state index in [0.29, 0.717) is 11.9 Å². The van der Waals surface area contributed by atoms with E-state index in [1.54, 1.807) is 13.8 Å². The van der Waals surface area contributed by atoms with Gasteiger partial charge in [0.25, 0.3) is 0 Å². The summed E-state index contributed by atoms with van der Waals surface area (Å²) in [5, 5.41) is -0.268. The first-order valence-corrected chi connectivity index (χ1v) is 7.92. The van der Waals surface area contributed by atoms with Gasteiger partial charge in [-0.1, -0.05) is 11.6 Å². The number of alkyl halides is 3. The molecule has 5 nitrogen and oxygen atoms in total. The molecule has 0 fully saturated rings. The van der Waals surface area contributed by atoms with E-state index in [4.69, 9.17) is 25.8 Å². The van der Waals surface area contributed by atoms with Gasteiger partial charge in [0.1, 0.15) is 16.5 Å². The minimum Gasteiger partial charge on any atom is -0.479 e. The number of halogens is 4. The van der Waals surface area contributed by atoms with Gasteiger partial charge < -0.3 is 14.2 Å². The Labute approximate surface area is 152 Å². The number of carbonyl (C=O) groups excluding carboxylic acids is 1. The number of hydrogen-bond acceptors (Lipinski definition) is 5. The van der Waals surface area contributed by atoms with Crippen molar-refractivity contribution >= 4 is 17.6 Å². The van der Waals surface area contributed by atoms with Crippen molar-refractivity contribution in [3.63, 3.8) is 0 Å². The van der Waals surface area contributed by atoms with Crippen molar-refractivity contribution in [3.8, 4) is 17.4 Å². The van der Waals surface area contributed by atoms with Crippen molar-refractivity contribution in [1.82, 2.24) is 4.98 Å². The molecule has 2 aromatic rings. The van der Waals surface area contributed by atoms with Crippen LogP contribution in [0.2, 0.25) is 5.02 Å². The van der Waals surface area contributed by atoms with Crippen molar-refractivity contribution < 1.29 is 32.2 Å². The van der Waals surface area contributed by atoms with Crippen molar-refractivity contribution in [2.24, 2.45) is 0 Å². The Kier molecular flexibility index (Phi) is 6.31. The molecule has 0 saturated heterocycles. The highest BCUT2D eigenvalue weighted by Gasteiger charge is 2.31. The van der Waals surface area contributed by atoms with Crippen LogP contribution in [-0.2, 0) is 15.7 Å². The highest BCUT2D eigenvalue weighted by atomic mass is 35.5. The summed E-state index contributed by atoms with van der Waals surface area (Å²) in [5.41, 5.74) is -0.966. The Hall–Kier alpha value is -2.48. The van der Waals surface area contributed by atoms with E-state index in [-0.39, 0.29) is 23.3 Å². The first-order valence-electron chi connectivity index (χ1n) is 7.54. The Bertz CT molecular complexity index is 766. The first-order chi connectivity index (χ1) is 12.2. The van der Waals surface area contributed by atoms with Crippen LogP contribution in [0.15, 0.2) is 36.5 Å². The maximum atomic E-state index is 12.6. The maximum absolute atomic E-state index is 12.6. The molecule has 0 aliphatic heterocycles. The number of carbonyl (C=O) groups is 1. The largest absolute Gasteiger partial charge is 0.479 e. The number of aromatic nitrogens is 1. The highest BCUT2D eigenvalue weighted by Crippen LogP contribution is 2.34. The number of rotatable bonds is 6. The third-order valence-corrected chi connectivity index (χ3v) is 3.38. The van der Waals surface area contributed by atoms with Crippen LogP contribution in [0.25, 0.3) is 0 Å². The van der Waals surface area contributed by atoms with Gasteiger partial charge >= 0.3 is 12.1 Å². The lowest BCUT2D eigenvalue weighted by Gasteiger charge is -2.14. The monoisotopic (exact) mass is 389 g/mol. The number of benzene rings is 1. The van der Waals surface area contributed by atoms with E-state index < -0.39 is 23.8 Å². The molecule has 26 heavy (non-hydrogen) atoms. The molecule has 0 saturated carbocycles. The minimum atomic E-state index is -4.54. The Morgan fingerprint density at radius 2 is 1.85 bits per heavy atom. The van der Waals surface area contributed by atoms with Gasteiger partial charge in [0.2, 0.25) is 5.88 Å². The smallest absolute Gasteiger partial charge is 0.417 e. The van der Waals surface area contributed by atoms with Gasteiger partial charge in [0.05, 0.1) is 12.2 Å². The lowest BCUT2D eigenvalue weighted by molar-refractivity contribution is -0.150. The van der Waals surface area contributed by atoms with E-state index >= 15 is 0 Å². The van der Waals surface area contributed by atoms with Crippen molar-refractivity contribution in [3.05, 3.63) is 47.1 Å². The fourth-order valence-corrected chi connectivity index (χ4v) is 2.07. The average Bonchev–Trinajstić information content (AvgIpc) is 2.57. The molecule has 0 unspecified atom stereocenters. The molecule has 9 heteroatoms.